The van der Waals surface area contributed by atoms with Gasteiger partial charge >= 0.3 is 0 Å². The summed E-state index contributed by atoms with van der Waals surface area (Å²) in [6, 6.07) is 4.47. The van der Waals surface area contributed by atoms with Crippen molar-refractivity contribution in [3.8, 4) is 11.5 Å². The molecule has 0 saturated carbocycles. The van der Waals surface area contributed by atoms with E-state index in [0.29, 0.717) is 11.3 Å². The second-order valence-corrected chi connectivity index (χ2v) is 4.57. The number of halogens is 1. The van der Waals surface area contributed by atoms with Crippen molar-refractivity contribution in [3.05, 3.63) is 44.8 Å². The van der Waals surface area contributed by atoms with Crippen molar-refractivity contribution in [1.29, 1.82) is 0 Å². The molecule has 1 aromatic carbocycles. The van der Waals surface area contributed by atoms with E-state index in [-0.39, 0.29) is 28.0 Å². The summed E-state index contributed by atoms with van der Waals surface area (Å²) < 4.78 is 4.99. The lowest BCUT2D eigenvalue weighted by Gasteiger charge is -2.06. The number of aryl methyl sites for hydroxylation is 1. The van der Waals surface area contributed by atoms with Gasteiger partial charge in [-0.25, -0.2) is 10.4 Å². The van der Waals surface area contributed by atoms with Gasteiger partial charge in [-0.15, -0.1) is 0 Å². The number of ether oxygens (including phenoxy) is 1. The number of H-pyrrole nitrogens is 1. The fraction of sp³-hybridized carbons (Fsp3) is 0.154. The average molecular weight is 309 g/mol. The highest BCUT2D eigenvalue weighted by Crippen LogP contribution is 2.34. The van der Waals surface area contributed by atoms with E-state index in [0.717, 1.165) is 0 Å². The molecule has 2 aromatic rings. The summed E-state index contributed by atoms with van der Waals surface area (Å²) in [7, 11) is 1.42. The van der Waals surface area contributed by atoms with E-state index in [9.17, 15) is 9.90 Å². The molecule has 0 spiro atoms. The van der Waals surface area contributed by atoms with Crippen LogP contribution in [0.4, 0.5) is 5.95 Å². The Morgan fingerprint density at radius 1 is 1.48 bits per heavy atom. The third-order valence-corrected chi connectivity index (χ3v) is 2.81. The van der Waals surface area contributed by atoms with Crippen LogP contribution in [0.5, 0.6) is 11.5 Å². The molecule has 0 fully saturated rings. The van der Waals surface area contributed by atoms with Gasteiger partial charge in [0.2, 0.25) is 5.95 Å². The van der Waals surface area contributed by atoms with Crippen LogP contribution in [0, 0.1) is 6.92 Å². The maximum absolute atomic E-state index is 11.3. The number of aromatic hydroxyl groups is 1. The summed E-state index contributed by atoms with van der Waals surface area (Å²) in [4.78, 5) is 17.8. The lowest BCUT2D eigenvalue weighted by atomic mass is 10.2. The Morgan fingerprint density at radius 2 is 2.24 bits per heavy atom. The molecule has 0 saturated heterocycles. The second kappa shape index (κ2) is 6.27. The van der Waals surface area contributed by atoms with E-state index < -0.39 is 0 Å². The largest absolute Gasteiger partial charge is 0.503 e. The lowest BCUT2D eigenvalue weighted by molar-refractivity contribution is 0.373. The quantitative estimate of drug-likeness (QED) is 0.591. The number of methoxy groups -OCH3 is 1. The molecule has 110 valence electrons. The molecule has 1 aromatic heterocycles. The summed E-state index contributed by atoms with van der Waals surface area (Å²) >= 11 is 5.86. The highest BCUT2D eigenvalue weighted by atomic mass is 35.5. The Balaban J connectivity index is 2.18. The average Bonchev–Trinajstić information content (AvgIpc) is 2.41. The zero-order valence-corrected chi connectivity index (χ0v) is 12.1. The zero-order chi connectivity index (χ0) is 15.4. The van der Waals surface area contributed by atoms with Gasteiger partial charge in [0.25, 0.3) is 5.56 Å². The molecule has 0 bridgehead atoms. The highest BCUT2D eigenvalue weighted by Gasteiger charge is 2.07. The predicted molar refractivity (Wildman–Crippen MR) is 80.5 cm³/mol. The van der Waals surface area contributed by atoms with Gasteiger partial charge in [-0.3, -0.25) is 9.78 Å². The standard InChI is InChI=1S/C13H13ClN4O3/c1-7-3-11(19)17-13(16-7)18-15-6-8-4-9(14)12(20)10(5-8)21-2/h3-6,20H,1-2H3,(H2,16,17,18,19)/b15-6-. The minimum Gasteiger partial charge on any atom is -0.503 e. The summed E-state index contributed by atoms with van der Waals surface area (Å²) in [5.41, 5.74) is 3.52. The molecule has 0 radical (unpaired) electrons. The van der Waals surface area contributed by atoms with Crippen molar-refractivity contribution >= 4 is 23.8 Å². The number of aromatic amines is 1. The number of phenols is 1. The molecule has 0 amide bonds. The first kappa shape index (κ1) is 14.9. The number of hydrogen-bond acceptors (Lipinski definition) is 6. The fourth-order valence-corrected chi connectivity index (χ4v) is 1.84. The van der Waals surface area contributed by atoms with Crippen molar-refractivity contribution in [2.45, 2.75) is 6.92 Å². The van der Waals surface area contributed by atoms with Gasteiger partial charge in [-0.05, 0) is 24.6 Å². The van der Waals surface area contributed by atoms with Crippen LogP contribution in [-0.4, -0.2) is 28.4 Å². The Hall–Kier alpha value is -2.54. The molecule has 7 nitrogen and oxygen atoms in total. The van der Waals surface area contributed by atoms with Gasteiger partial charge in [-0.1, -0.05) is 11.6 Å². The number of nitrogens with one attached hydrogen (secondary N) is 2. The molecule has 8 heteroatoms. The van der Waals surface area contributed by atoms with Crippen molar-refractivity contribution in [2.75, 3.05) is 12.5 Å². The zero-order valence-electron chi connectivity index (χ0n) is 11.3. The first-order valence-corrected chi connectivity index (χ1v) is 6.31. The van der Waals surface area contributed by atoms with Gasteiger partial charge in [0.1, 0.15) is 0 Å². The molecular formula is C13H13ClN4O3. The van der Waals surface area contributed by atoms with Gasteiger partial charge in [0, 0.05) is 11.8 Å². The predicted octanol–water partition coefficient (Wildman–Crippen LogP) is 1.89. The van der Waals surface area contributed by atoms with Crippen LogP contribution in [0.15, 0.2) is 28.1 Å². The molecule has 0 aliphatic carbocycles. The van der Waals surface area contributed by atoms with E-state index in [1.807, 2.05) is 0 Å². The monoisotopic (exact) mass is 308 g/mol. The van der Waals surface area contributed by atoms with Crippen molar-refractivity contribution in [2.24, 2.45) is 5.10 Å². The molecule has 0 unspecified atom stereocenters. The molecular weight excluding hydrogens is 296 g/mol. The van der Waals surface area contributed by atoms with Crippen molar-refractivity contribution in [1.82, 2.24) is 9.97 Å². The molecule has 3 N–H and O–H groups in total. The third-order valence-electron chi connectivity index (χ3n) is 2.52. The normalized spacial score (nSPS) is 10.8. The highest BCUT2D eigenvalue weighted by molar-refractivity contribution is 6.32. The SMILES string of the molecule is COc1cc(/C=N\Nc2nc(C)cc(=O)[nH]2)cc(Cl)c1O. The number of nitrogens with zero attached hydrogens (tertiary/aromatic N) is 2. The smallest absolute Gasteiger partial charge is 0.252 e. The number of phenolic OH excluding ortho intramolecular Hbond substituents is 1. The number of benzene rings is 1. The molecule has 0 aliphatic heterocycles. The van der Waals surface area contributed by atoms with Crippen LogP contribution in [0.25, 0.3) is 0 Å². The maximum Gasteiger partial charge on any atom is 0.252 e. The van der Waals surface area contributed by atoms with E-state index in [4.69, 9.17) is 16.3 Å². The van der Waals surface area contributed by atoms with Crippen molar-refractivity contribution < 1.29 is 9.84 Å². The molecule has 21 heavy (non-hydrogen) atoms. The first-order valence-electron chi connectivity index (χ1n) is 5.93. The second-order valence-electron chi connectivity index (χ2n) is 4.16. The Bertz CT molecular complexity index is 743. The van der Waals surface area contributed by atoms with E-state index >= 15 is 0 Å². The van der Waals surface area contributed by atoms with Crippen molar-refractivity contribution in [3.63, 3.8) is 0 Å². The first-order chi connectivity index (χ1) is 9.99. The maximum atomic E-state index is 11.3. The Labute approximate surface area is 125 Å². The van der Waals surface area contributed by atoms with Gasteiger partial charge in [0.15, 0.2) is 11.5 Å². The summed E-state index contributed by atoms with van der Waals surface area (Å²) in [5.74, 6) is 0.341. The van der Waals surface area contributed by atoms with Gasteiger partial charge in [-0.2, -0.15) is 5.10 Å². The van der Waals surface area contributed by atoms with Crippen LogP contribution in [0.1, 0.15) is 11.3 Å². The number of rotatable bonds is 4. The van der Waals surface area contributed by atoms with Crippen LogP contribution >= 0.6 is 11.6 Å². The van der Waals surface area contributed by atoms with Gasteiger partial charge < -0.3 is 9.84 Å². The number of hydrazone groups is 1. The lowest BCUT2D eigenvalue weighted by Crippen LogP contribution is -2.10. The number of hydrogen-bond donors (Lipinski definition) is 3. The van der Waals surface area contributed by atoms with Crippen LogP contribution in [0.3, 0.4) is 0 Å². The number of anilines is 1. The Kier molecular flexibility index (Phi) is 4.44. The molecule has 0 aliphatic rings. The van der Waals surface area contributed by atoms with Gasteiger partial charge in [0.05, 0.1) is 18.3 Å². The minimum atomic E-state index is -0.269. The summed E-state index contributed by atoms with van der Waals surface area (Å²) in [6.07, 6.45) is 1.45. The van der Waals surface area contributed by atoms with E-state index in [1.165, 1.54) is 25.5 Å². The number of aromatic nitrogens is 2. The summed E-state index contributed by atoms with van der Waals surface area (Å²) in [6.45, 7) is 1.70. The van der Waals surface area contributed by atoms with Crippen LogP contribution in [0.2, 0.25) is 5.02 Å². The third kappa shape index (κ3) is 3.73. The molecule has 0 atom stereocenters. The van der Waals surface area contributed by atoms with Crippen LogP contribution < -0.4 is 15.7 Å². The molecule has 1 heterocycles. The Morgan fingerprint density at radius 3 is 2.90 bits per heavy atom. The topological polar surface area (TPSA) is 99.6 Å². The van der Waals surface area contributed by atoms with Crippen LogP contribution in [-0.2, 0) is 0 Å². The minimum absolute atomic E-state index is 0.131. The van der Waals surface area contributed by atoms with E-state index in [2.05, 4.69) is 20.5 Å². The van der Waals surface area contributed by atoms with E-state index in [1.54, 1.807) is 13.0 Å². The fourth-order valence-electron chi connectivity index (χ4n) is 1.62. The molecule has 2 rings (SSSR count). The summed E-state index contributed by atoms with van der Waals surface area (Å²) in [5, 5.41) is 13.7.